The molecule has 162 valence electrons. The summed E-state index contributed by atoms with van der Waals surface area (Å²) in [5.74, 6) is 1.55. The molecule has 0 spiro atoms. The van der Waals surface area contributed by atoms with Crippen LogP contribution in [0.25, 0.3) is 10.9 Å². The first-order valence-electron chi connectivity index (χ1n) is 11.5. The number of likely N-dealkylation sites (tertiary alicyclic amines) is 1. The van der Waals surface area contributed by atoms with Crippen LogP contribution in [0.4, 0.5) is 0 Å². The molecule has 2 fully saturated rings. The summed E-state index contributed by atoms with van der Waals surface area (Å²) in [5, 5.41) is 14.0. The number of carbonyl (C=O) groups excluding carboxylic acids is 1. The van der Waals surface area contributed by atoms with Gasteiger partial charge < -0.3 is 24.6 Å². The molecule has 6 nitrogen and oxygen atoms in total. The maximum absolute atomic E-state index is 12.8. The largest absolute Gasteiger partial charge is 0.490 e. The van der Waals surface area contributed by atoms with Crippen LogP contribution in [0.2, 0.25) is 0 Å². The number of hydrogen-bond acceptors (Lipinski definition) is 4. The molecule has 30 heavy (non-hydrogen) atoms. The highest BCUT2D eigenvalue weighted by Gasteiger charge is 2.34. The fraction of sp³-hybridized carbons (Fsp3) is 0.625. The van der Waals surface area contributed by atoms with Crippen LogP contribution in [-0.2, 0) is 6.42 Å². The minimum atomic E-state index is -0.111. The Labute approximate surface area is 178 Å². The highest BCUT2D eigenvalue weighted by Crippen LogP contribution is 2.40. The van der Waals surface area contributed by atoms with E-state index in [0.29, 0.717) is 18.5 Å². The molecule has 0 bridgehead atoms. The molecule has 0 unspecified atom stereocenters. The maximum Gasteiger partial charge on any atom is 0.268 e. The number of aromatic nitrogens is 1. The van der Waals surface area contributed by atoms with E-state index >= 15 is 0 Å². The van der Waals surface area contributed by atoms with Gasteiger partial charge in [-0.2, -0.15) is 0 Å². The number of piperidine rings is 1. The molecule has 2 N–H and O–H groups in total. The normalized spacial score (nSPS) is 23.1. The summed E-state index contributed by atoms with van der Waals surface area (Å²) in [7, 11) is 0. The number of rotatable bonds is 6. The molecule has 0 radical (unpaired) electrons. The molecule has 1 saturated heterocycles. The van der Waals surface area contributed by atoms with E-state index in [1.54, 1.807) is 0 Å². The van der Waals surface area contributed by atoms with Gasteiger partial charge in [-0.1, -0.05) is 0 Å². The number of hydrogen-bond donors (Lipinski definition) is 2. The predicted octanol–water partition coefficient (Wildman–Crippen LogP) is 3.12. The SMILES string of the molecule is CC(C)N1CCC(Oc2ccc3c(c2)c(CC2CC2)c2n3[C@H](CO)CNC2=O)CC1. The Morgan fingerprint density at radius 3 is 2.63 bits per heavy atom. The lowest BCUT2D eigenvalue weighted by atomic mass is 10.0. The molecule has 2 aliphatic heterocycles. The van der Waals surface area contributed by atoms with E-state index in [0.717, 1.165) is 60.3 Å². The van der Waals surface area contributed by atoms with Crippen LogP contribution in [0, 0.1) is 5.92 Å². The zero-order valence-corrected chi connectivity index (χ0v) is 18.1. The van der Waals surface area contributed by atoms with Crippen molar-refractivity contribution < 1.29 is 14.6 Å². The molecular formula is C24H33N3O3. The van der Waals surface area contributed by atoms with E-state index in [-0.39, 0.29) is 24.7 Å². The number of benzene rings is 1. The van der Waals surface area contributed by atoms with Crippen molar-refractivity contribution in [2.24, 2.45) is 5.92 Å². The quantitative estimate of drug-likeness (QED) is 0.767. The Hall–Kier alpha value is -2.05. The molecule has 1 aliphatic carbocycles. The highest BCUT2D eigenvalue weighted by atomic mass is 16.5. The number of nitrogens with one attached hydrogen (secondary N) is 1. The topological polar surface area (TPSA) is 66.7 Å². The molecule has 1 atom stereocenters. The van der Waals surface area contributed by atoms with E-state index in [1.165, 1.54) is 12.8 Å². The van der Waals surface area contributed by atoms with Gasteiger partial charge in [0.1, 0.15) is 17.5 Å². The van der Waals surface area contributed by atoms with Gasteiger partial charge in [0.15, 0.2) is 0 Å². The number of aliphatic hydroxyl groups excluding tert-OH is 1. The second-order valence-electron chi connectivity index (χ2n) is 9.52. The van der Waals surface area contributed by atoms with Gasteiger partial charge in [-0.05, 0) is 75.6 Å². The fourth-order valence-corrected chi connectivity index (χ4v) is 5.11. The standard InChI is InChI=1S/C24H33N3O3/c1-15(2)26-9-7-18(8-10-26)30-19-5-6-22-20(12-19)21(11-16-3-4-16)23-24(29)25-13-17(14-28)27(22)23/h5-6,12,15-18,28H,3-4,7-11,13-14H2,1-2H3,(H,25,29)/t17-/m0/s1. The summed E-state index contributed by atoms with van der Waals surface area (Å²) in [5.41, 5.74) is 2.91. The lowest BCUT2D eigenvalue weighted by Crippen LogP contribution is -2.41. The third kappa shape index (κ3) is 3.60. The molecule has 3 heterocycles. The smallest absolute Gasteiger partial charge is 0.268 e. The Kier molecular flexibility index (Phi) is 5.23. The van der Waals surface area contributed by atoms with Crippen molar-refractivity contribution in [3.05, 3.63) is 29.5 Å². The second-order valence-corrected chi connectivity index (χ2v) is 9.52. The van der Waals surface area contributed by atoms with E-state index in [1.807, 2.05) is 6.07 Å². The van der Waals surface area contributed by atoms with Crippen molar-refractivity contribution in [1.82, 2.24) is 14.8 Å². The van der Waals surface area contributed by atoms with Gasteiger partial charge in [-0.15, -0.1) is 0 Å². The molecular weight excluding hydrogens is 378 g/mol. The van der Waals surface area contributed by atoms with E-state index in [2.05, 4.69) is 40.8 Å². The number of fused-ring (bicyclic) bond motifs is 3. The predicted molar refractivity (Wildman–Crippen MR) is 117 cm³/mol. The Morgan fingerprint density at radius 1 is 1.20 bits per heavy atom. The third-order valence-electron chi connectivity index (χ3n) is 7.07. The monoisotopic (exact) mass is 411 g/mol. The van der Waals surface area contributed by atoms with Gasteiger partial charge in [0, 0.05) is 36.6 Å². The summed E-state index contributed by atoms with van der Waals surface area (Å²) in [6.07, 6.45) is 5.75. The van der Waals surface area contributed by atoms with Crippen LogP contribution in [0.15, 0.2) is 18.2 Å². The minimum Gasteiger partial charge on any atom is -0.490 e. The summed E-state index contributed by atoms with van der Waals surface area (Å²) < 4.78 is 8.46. The van der Waals surface area contributed by atoms with Crippen molar-refractivity contribution in [2.45, 2.75) is 64.1 Å². The van der Waals surface area contributed by atoms with Crippen molar-refractivity contribution in [1.29, 1.82) is 0 Å². The summed E-state index contributed by atoms with van der Waals surface area (Å²) in [6.45, 7) is 7.16. The van der Waals surface area contributed by atoms with Crippen molar-refractivity contribution in [3.63, 3.8) is 0 Å². The molecule has 1 saturated carbocycles. The van der Waals surface area contributed by atoms with Crippen molar-refractivity contribution in [2.75, 3.05) is 26.2 Å². The minimum absolute atomic E-state index is 0.0184. The first kappa shape index (κ1) is 19.9. The molecule has 1 aromatic carbocycles. The van der Waals surface area contributed by atoms with E-state index in [9.17, 15) is 9.90 Å². The van der Waals surface area contributed by atoms with E-state index < -0.39 is 0 Å². The van der Waals surface area contributed by atoms with Crippen LogP contribution in [0.3, 0.4) is 0 Å². The van der Waals surface area contributed by atoms with Gasteiger partial charge in [0.2, 0.25) is 0 Å². The average molecular weight is 412 g/mol. The lowest BCUT2D eigenvalue weighted by molar-refractivity contribution is 0.0844. The molecule has 2 aromatic rings. The average Bonchev–Trinajstić information content (AvgIpc) is 3.51. The highest BCUT2D eigenvalue weighted by molar-refractivity contribution is 6.03. The summed E-state index contributed by atoms with van der Waals surface area (Å²) >= 11 is 0. The van der Waals surface area contributed by atoms with Crippen LogP contribution < -0.4 is 10.1 Å². The Morgan fingerprint density at radius 2 is 1.97 bits per heavy atom. The number of carbonyl (C=O) groups is 1. The first-order chi connectivity index (χ1) is 14.5. The maximum atomic E-state index is 12.8. The van der Waals surface area contributed by atoms with Gasteiger partial charge in [-0.25, -0.2) is 0 Å². The van der Waals surface area contributed by atoms with Crippen molar-refractivity contribution in [3.8, 4) is 5.75 Å². The molecule has 5 rings (SSSR count). The Bertz CT molecular complexity index is 939. The summed E-state index contributed by atoms with van der Waals surface area (Å²) in [4.78, 5) is 15.3. The second kappa shape index (κ2) is 7.89. The molecule has 3 aliphatic rings. The van der Waals surface area contributed by atoms with Crippen LogP contribution in [-0.4, -0.2) is 58.9 Å². The van der Waals surface area contributed by atoms with Gasteiger partial charge in [0.25, 0.3) is 5.91 Å². The van der Waals surface area contributed by atoms with E-state index in [4.69, 9.17) is 4.74 Å². The zero-order chi connectivity index (χ0) is 20.8. The number of amides is 1. The number of ether oxygens (including phenoxy) is 1. The summed E-state index contributed by atoms with van der Waals surface area (Å²) in [6, 6.07) is 6.72. The van der Waals surface area contributed by atoms with Gasteiger partial charge in [-0.3, -0.25) is 4.79 Å². The molecule has 1 aromatic heterocycles. The van der Waals surface area contributed by atoms with Crippen LogP contribution >= 0.6 is 0 Å². The van der Waals surface area contributed by atoms with Crippen LogP contribution in [0.1, 0.15) is 61.6 Å². The Balaban J connectivity index is 1.47. The zero-order valence-electron chi connectivity index (χ0n) is 18.1. The number of nitrogens with zero attached hydrogens (tertiary/aromatic N) is 2. The molecule has 6 heteroatoms. The fourth-order valence-electron chi connectivity index (χ4n) is 5.11. The first-order valence-corrected chi connectivity index (χ1v) is 11.5. The lowest BCUT2D eigenvalue weighted by Gasteiger charge is -2.34. The van der Waals surface area contributed by atoms with Crippen molar-refractivity contribution >= 4 is 16.8 Å². The van der Waals surface area contributed by atoms with Gasteiger partial charge in [0.05, 0.1) is 12.6 Å². The third-order valence-corrected chi connectivity index (χ3v) is 7.07. The molecule has 1 amide bonds. The van der Waals surface area contributed by atoms with Gasteiger partial charge >= 0.3 is 0 Å². The number of aliphatic hydroxyl groups is 1. The van der Waals surface area contributed by atoms with Crippen LogP contribution in [0.5, 0.6) is 5.75 Å².